The highest BCUT2D eigenvalue weighted by atomic mass is 32.1. The van der Waals surface area contributed by atoms with Crippen LogP contribution in [-0.2, 0) is 4.74 Å². The van der Waals surface area contributed by atoms with E-state index >= 15 is 0 Å². The zero-order valence-corrected chi connectivity index (χ0v) is 17.9. The average Bonchev–Trinajstić information content (AvgIpc) is 3.45. The van der Waals surface area contributed by atoms with Crippen LogP contribution in [0.3, 0.4) is 0 Å². The van der Waals surface area contributed by atoms with Gasteiger partial charge in [0.15, 0.2) is 0 Å². The van der Waals surface area contributed by atoms with Crippen LogP contribution in [0.4, 0.5) is 5.13 Å². The molecule has 0 spiro atoms. The fraction of sp³-hybridized carbons (Fsp3) is 0.348. The number of nitrogens with one attached hydrogen (secondary N) is 1. The summed E-state index contributed by atoms with van der Waals surface area (Å²) in [6.07, 6.45) is 2.29. The van der Waals surface area contributed by atoms with Gasteiger partial charge in [0.2, 0.25) is 5.13 Å². The lowest BCUT2D eigenvalue weighted by Gasteiger charge is -2.11. The Morgan fingerprint density at radius 3 is 2.60 bits per heavy atom. The predicted octanol–water partition coefficient (Wildman–Crippen LogP) is 5.14. The lowest BCUT2D eigenvalue weighted by atomic mass is 10.0. The van der Waals surface area contributed by atoms with E-state index in [-0.39, 0.29) is 12.0 Å². The molecule has 1 unspecified atom stereocenters. The second kappa shape index (κ2) is 9.36. The van der Waals surface area contributed by atoms with Gasteiger partial charge in [0.25, 0.3) is 5.91 Å². The molecule has 1 N–H and O–H groups in total. The summed E-state index contributed by atoms with van der Waals surface area (Å²) >= 11 is 1.36. The van der Waals surface area contributed by atoms with Gasteiger partial charge in [-0.05, 0) is 48.6 Å². The number of hydrogen-bond acceptors (Lipinski definition) is 6. The molecule has 1 atom stereocenters. The van der Waals surface area contributed by atoms with Crippen LogP contribution in [0.5, 0.6) is 5.75 Å². The van der Waals surface area contributed by atoms with Crippen molar-refractivity contribution in [2.45, 2.75) is 38.7 Å². The number of carbonyl (C=O) groups is 1. The van der Waals surface area contributed by atoms with Crippen molar-refractivity contribution in [3.8, 4) is 16.3 Å². The van der Waals surface area contributed by atoms with Gasteiger partial charge in [0, 0.05) is 17.7 Å². The third-order valence-corrected chi connectivity index (χ3v) is 5.93. The zero-order valence-electron chi connectivity index (χ0n) is 17.1. The SMILES string of the molecule is CC(C)c1ccc(-c2nnc(NC(=O)c3ccc(OCC4CCCO4)cc3)s2)cc1. The zero-order chi connectivity index (χ0) is 20.9. The molecule has 1 saturated heterocycles. The van der Waals surface area contributed by atoms with Gasteiger partial charge in [-0.25, -0.2) is 0 Å². The van der Waals surface area contributed by atoms with Crippen LogP contribution in [0.1, 0.15) is 48.5 Å². The highest BCUT2D eigenvalue weighted by Gasteiger charge is 2.16. The van der Waals surface area contributed by atoms with Crippen molar-refractivity contribution in [2.75, 3.05) is 18.5 Å². The smallest absolute Gasteiger partial charge is 0.257 e. The van der Waals surface area contributed by atoms with Crippen molar-refractivity contribution < 1.29 is 14.3 Å². The fourth-order valence-electron chi connectivity index (χ4n) is 3.24. The normalized spacial score (nSPS) is 16.0. The maximum atomic E-state index is 12.5. The molecule has 1 aliphatic rings. The standard InChI is InChI=1S/C23H25N3O3S/c1-15(2)16-5-7-18(8-6-16)22-25-26-23(30-22)24-21(27)17-9-11-19(12-10-17)29-14-20-4-3-13-28-20/h5-12,15,20H,3-4,13-14H2,1-2H3,(H,24,26,27). The van der Waals surface area contributed by atoms with Gasteiger partial charge in [-0.3, -0.25) is 10.1 Å². The number of anilines is 1. The van der Waals surface area contributed by atoms with Crippen molar-refractivity contribution in [3.63, 3.8) is 0 Å². The molecule has 0 radical (unpaired) electrons. The summed E-state index contributed by atoms with van der Waals surface area (Å²) in [4.78, 5) is 12.5. The Morgan fingerprint density at radius 1 is 1.17 bits per heavy atom. The van der Waals surface area contributed by atoms with Crippen LogP contribution in [-0.4, -0.2) is 35.4 Å². The number of aromatic nitrogens is 2. The summed E-state index contributed by atoms with van der Waals surface area (Å²) in [6.45, 7) is 5.67. The number of hydrogen-bond donors (Lipinski definition) is 1. The van der Waals surface area contributed by atoms with Crippen LogP contribution in [0.25, 0.3) is 10.6 Å². The summed E-state index contributed by atoms with van der Waals surface area (Å²) in [6, 6.07) is 15.4. The van der Waals surface area contributed by atoms with E-state index in [0.717, 1.165) is 35.8 Å². The molecule has 156 valence electrons. The monoisotopic (exact) mass is 423 g/mol. The Bertz CT molecular complexity index is 978. The predicted molar refractivity (Wildman–Crippen MR) is 118 cm³/mol. The maximum Gasteiger partial charge on any atom is 0.257 e. The van der Waals surface area contributed by atoms with Crippen molar-refractivity contribution in [2.24, 2.45) is 0 Å². The first kappa shape index (κ1) is 20.5. The second-order valence-electron chi connectivity index (χ2n) is 7.61. The number of amides is 1. The summed E-state index contributed by atoms with van der Waals surface area (Å²) in [5.74, 6) is 0.986. The van der Waals surface area contributed by atoms with Gasteiger partial charge in [0.05, 0.1) is 6.10 Å². The molecule has 3 aromatic rings. The minimum absolute atomic E-state index is 0.168. The van der Waals surface area contributed by atoms with E-state index in [1.54, 1.807) is 24.3 Å². The average molecular weight is 424 g/mol. The first-order chi connectivity index (χ1) is 14.6. The van der Waals surface area contributed by atoms with E-state index in [4.69, 9.17) is 9.47 Å². The summed E-state index contributed by atoms with van der Waals surface area (Å²) < 4.78 is 11.3. The molecule has 2 aromatic carbocycles. The molecule has 2 heterocycles. The molecule has 1 amide bonds. The minimum Gasteiger partial charge on any atom is -0.491 e. The van der Waals surface area contributed by atoms with Gasteiger partial charge in [-0.2, -0.15) is 0 Å². The molecule has 1 aliphatic heterocycles. The molecule has 0 saturated carbocycles. The van der Waals surface area contributed by atoms with Crippen LogP contribution in [0, 0.1) is 0 Å². The van der Waals surface area contributed by atoms with E-state index in [1.807, 2.05) is 12.1 Å². The molecule has 30 heavy (non-hydrogen) atoms. The largest absolute Gasteiger partial charge is 0.491 e. The van der Waals surface area contributed by atoms with Gasteiger partial charge in [0.1, 0.15) is 17.4 Å². The first-order valence-corrected chi connectivity index (χ1v) is 11.0. The van der Waals surface area contributed by atoms with Gasteiger partial charge in [-0.15, -0.1) is 10.2 Å². The van der Waals surface area contributed by atoms with Crippen LogP contribution < -0.4 is 10.1 Å². The van der Waals surface area contributed by atoms with Crippen molar-refractivity contribution in [1.29, 1.82) is 0 Å². The molecular formula is C23H25N3O3S. The molecule has 0 bridgehead atoms. The van der Waals surface area contributed by atoms with Crippen LogP contribution >= 0.6 is 11.3 Å². The van der Waals surface area contributed by atoms with Crippen LogP contribution in [0.15, 0.2) is 48.5 Å². The quantitative estimate of drug-likeness (QED) is 0.570. The van der Waals surface area contributed by atoms with E-state index in [9.17, 15) is 4.79 Å². The van der Waals surface area contributed by atoms with Crippen molar-refractivity contribution in [3.05, 3.63) is 59.7 Å². The fourth-order valence-corrected chi connectivity index (χ4v) is 3.98. The third-order valence-electron chi connectivity index (χ3n) is 5.05. The molecule has 1 fully saturated rings. The van der Waals surface area contributed by atoms with Gasteiger partial charge < -0.3 is 9.47 Å². The Labute approximate surface area is 180 Å². The summed E-state index contributed by atoms with van der Waals surface area (Å²) in [5.41, 5.74) is 2.81. The number of rotatable bonds is 7. The third kappa shape index (κ3) is 5.04. The topological polar surface area (TPSA) is 73.3 Å². The highest BCUT2D eigenvalue weighted by molar-refractivity contribution is 7.18. The van der Waals surface area contributed by atoms with Gasteiger partial charge in [-0.1, -0.05) is 49.4 Å². The number of nitrogens with zero attached hydrogens (tertiary/aromatic N) is 2. The molecule has 6 nitrogen and oxygen atoms in total. The van der Waals surface area contributed by atoms with E-state index < -0.39 is 0 Å². The Kier molecular flexibility index (Phi) is 6.40. The van der Waals surface area contributed by atoms with Crippen molar-refractivity contribution in [1.82, 2.24) is 10.2 Å². The molecular weight excluding hydrogens is 398 g/mol. The summed E-state index contributed by atoms with van der Waals surface area (Å²) in [5, 5.41) is 12.4. The van der Waals surface area contributed by atoms with Crippen molar-refractivity contribution >= 4 is 22.4 Å². The molecule has 4 rings (SSSR count). The van der Waals surface area contributed by atoms with E-state index in [1.165, 1.54) is 16.9 Å². The first-order valence-electron chi connectivity index (χ1n) is 10.2. The van der Waals surface area contributed by atoms with Crippen LogP contribution in [0.2, 0.25) is 0 Å². The highest BCUT2D eigenvalue weighted by Crippen LogP contribution is 2.28. The lowest BCUT2D eigenvalue weighted by Crippen LogP contribution is -2.16. The Balaban J connectivity index is 1.34. The number of benzene rings is 2. The van der Waals surface area contributed by atoms with E-state index in [0.29, 0.717) is 23.2 Å². The minimum atomic E-state index is -0.224. The second-order valence-corrected chi connectivity index (χ2v) is 8.59. The van der Waals surface area contributed by atoms with Gasteiger partial charge >= 0.3 is 0 Å². The lowest BCUT2D eigenvalue weighted by molar-refractivity contribution is 0.0679. The molecule has 0 aliphatic carbocycles. The molecule has 7 heteroatoms. The summed E-state index contributed by atoms with van der Waals surface area (Å²) in [7, 11) is 0. The Hall–Kier alpha value is -2.77. The molecule has 1 aromatic heterocycles. The number of ether oxygens (including phenoxy) is 2. The van der Waals surface area contributed by atoms with E-state index in [2.05, 4.69) is 41.5 Å². The maximum absolute atomic E-state index is 12.5. The number of carbonyl (C=O) groups excluding carboxylic acids is 1. The Morgan fingerprint density at radius 2 is 1.93 bits per heavy atom.